The van der Waals surface area contributed by atoms with Crippen LogP contribution in [0.4, 0.5) is 0 Å². The summed E-state index contributed by atoms with van der Waals surface area (Å²) < 4.78 is 7.13. The van der Waals surface area contributed by atoms with E-state index in [1.807, 2.05) is 66.7 Å². The number of benzene rings is 2. The van der Waals surface area contributed by atoms with Crippen LogP contribution >= 0.6 is 11.8 Å². The molecule has 0 spiro atoms. The third-order valence-corrected chi connectivity index (χ3v) is 5.74. The van der Waals surface area contributed by atoms with Crippen LogP contribution < -0.4 is 5.56 Å². The summed E-state index contributed by atoms with van der Waals surface area (Å²) in [5.41, 5.74) is 2.54. The van der Waals surface area contributed by atoms with Gasteiger partial charge in [-0.3, -0.25) is 14.3 Å². The first-order valence-electron chi connectivity index (χ1n) is 9.27. The van der Waals surface area contributed by atoms with Crippen molar-refractivity contribution in [3.8, 4) is 0 Å². The summed E-state index contributed by atoms with van der Waals surface area (Å²) in [6.45, 7) is 0.344. The van der Waals surface area contributed by atoms with Crippen LogP contribution in [0.5, 0.6) is 0 Å². The summed E-state index contributed by atoms with van der Waals surface area (Å²) in [5, 5.41) is 2.37. The summed E-state index contributed by atoms with van der Waals surface area (Å²) in [4.78, 5) is 22.6. The average Bonchev–Trinajstić information content (AvgIpc) is 3.28. The zero-order valence-corrected chi connectivity index (χ0v) is 16.3. The molecule has 0 aliphatic heterocycles. The van der Waals surface area contributed by atoms with Crippen LogP contribution in [0.2, 0.25) is 0 Å². The normalized spacial score (nSPS) is 11.3. The van der Waals surface area contributed by atoms with Gasteiger partial charge in [0.05, 0.1) is 34.9 Å². The second kappa shape index (κ2) is 7.56. The molecule has 142 valence electrons. The number of nitrogens with zero attached hydrogens (tertiary/aromatic N) is 3. The molecule has 0 amide bonds. The van der Waals surface area contributed by atoms with Gasteiger partial charge in [0.25, 0.3) is 5.56 Å². The zero-order chi connectivity index (χ0) is 19.6. The van der Waals surface area contributed by atoms with Gasteiger partial charge in [0.15, 0.2) is 5.16 Å². The number of para-hydroxylation sites is 2. The van der Waals surface area contributed by atoms with Crippen molar-refractivity contribution in [2.75, 3.05) is 0 Å². The van der Waals surface area contributed by atoms with Crippen molar-refractivity contribution in [2.24, 2.45) is 0 Å². The molecule has 0 bridgehead atoms. The Hall–Kier alpha value is -3.38. The molecule has 5 aromatic rings. The maximum Gasteiger partial charge on any atom is 0.262 e. The quantitative estimate of drug-likeness (QED) is 0.311. The second-order valence-corrected chi connectivity index (χ2v) is 7.61. The topological polar surface area (TPSA) is 60.9 Å². The Bertz CT molecular complexity index is 1360. The van der Waals surface area contributed by atoms with Crippen molar-refractivity contribution in [1.29, 1.82) is 0 Å². The maximum atomic E-state index is 13.1. The molecular formula is C23H17N3O2S. The van der Waals surface area contributed by atoms with E-state index >= 15 is 0 Å². The van der Waals surface area contributed by atoms with E-state index in [-0.39, 0.29) is 5.56 Å². The van der Waals surface area contributed by atoms with E-state index in [2.05, 4.69) is 6.07 Å². The molecule has 0 unspecified atom stereocenters. The minimum Gasteiger partial charge on any atom is -0.467 e. The maximum absolute atomic E-state index is 13.1. The van der Waals surface area contributed by atoms with Crippen molar-refractivity contribution in [3.05, 3.63) is 101 Å². The molecular weight excluding hydrogens is 382 g/mol. The number of rotatable bonds is 5. The molecule has 3 heterocycles. The SMILES string of the molecule is O=c1c2ccccc2nc(SCc2ccc3ccccc3n2)n1Cc1ccco1. The second-order valence-electron chi connectivity index (χ2n) is 6.67. The Morgan fingerprint density at radius 3 is 2.55 bits per heavy atom. The third-order valence-electron chi connectivity index (χ3n) is 4.73. The van der Waals surface area contributed by atoms with Gasteiger partial charge >= 0.3 is 0 Å². The highest BCUT2D eigenvalue weighted by molar-refractivity contribution is 7.98. The van der Waals surface area contributed by atoms with E-state index < -0.39 is 0 Å². The molecule has 0 fully saturated rings. The van der Waals surface area contributed by atoms with Crippen LogP contribution in [0.3, 0.4) is 0 Å². The van der Waals surface area contributed by atoms with Gasteiger partial charge in [-0.25, -0.2) is 4.98 Å². The van der Waals surface area contributed by atoms with Gasteiger partial charge in [-0.1, -0.05) is 48.2 Å². The fraction of sp³-hybridized carbons (Fsp3) is 0.0870. The van der Waals surface area contributed by atoms with Crippen molar-refractivity contribution >= 4 is 33.6 Å². The zero-order valence-electron chi connectivity index (χ0n) is 15.5. The van der Waals surface area contributed by atoms with Crippen LogP contribution in [0.15, 0.2) is 93.4 Å². The predicted molar refractivity (Wildman–Crippen MR) is 115 cm³/mol. The summed E-state index contributed by atoms with van der Waals surface area (Å²) in [5.74, 6) is 1.34. The highest BCUT2D eigenvalue weighted by Gasteiger charge is 2.13. The van der Waals surface area contributed by atoms with Crippen LogP contribution in [0, 0.1) is 0 Å². The van der Waals surface area contributed by atoms with E-state index in [9.17, 15) is 4.79 Å². The van der Waals surface area contributed by atoms with E-state index in [0.29, 0.717) is 28.4 Å². The van der Waals surface area contributed by atoms with E-state index in [1.54, 1.807) is 10.8 Å². The molecule has 0 atom stereocenters. The molecule has 0 radical (unpaired) electrons. The van der Waals surface area contributed by atoms with Gasteiger partial charge in [0.1, 0.15) is 5.76 Å². The summed E-state index contributed by atoms with van der Waals surface area (Å²) in [6.07, 6.45) is 1.61. The average molecular weight is 399 g/mol. The molecule has 6 heteroatoms. The van der Waals surface area contributed by atoms with E-state index in [4.69, 9.17) is 14.4 Å². The Morgan fingerprint density at radius 1 is 0.862 bits per heavy atom. The molecule has 5 rings (SSSR count). The molecule has 0 aliphatic rings. The smallest absolute Gasteiger partial charge is 0.262 e. The van der Waals surface area contributed by atoms with Crippen LogP contribution in [0.1, 0.15) is 11.5 Å². The minimum absolute atomic E-state index is 0.0685. The van der Waals surface area contributed by atoms with Gasteiger partial charge in [0.2, 0.25) is 0 Å². The Kier molecular flexibility index (Phi) is 4.62. The lowest BCUT2D eigenvalue weighted by Crippen LogP contribution is -2.23. The number of fused-ring (bicyclic) bond motifs is 2. The van der Waals surface area contributed by atoms with Crippen LogP contribution in [0.25, 0.3) is 21.8 Å². The molecule has 0 N–H and O–H groups in total. The fourth-order valence-corrected chi connectivity index (χ4v) is 4.19. The fourth-order valence-electron chi connectivity index (χ4n) is 3.28. The first-order valence-corrected chi connectivity index (χ1v) is 10.3. The number of furan rings is 1. The number of thioether (sulfide) groups is 1. The lowest BCUT2D eigenvalue weighted by Gasteiger charge is -2.12. The Labute approximate surface area is 171 Å². The Balaban J connectivity index is 1.52. The number of hydrogen-bond donors (Lipinski definition) is 0. The largest absolute Gasteiger partial charge is 0.467 e. The van der Waals surface area contributed by atoms with Crippen molar-refractivity contribution < 1.29 is 4.42 Å². The molecule has 2 aromatic carbocycles. The lowest BCUT2D eigenvalue weighted by molar-refractivity contribution is 0.476. The van der Waals surface area contributed by atoms with Gasteiger partial charge in [0, 0.05) is 11.1 Å². The standard InChI is InChI=1S/C23H17N3O2S/c27-22-19-8-2-4-10-21(19)25-23(26(22)14-18-7-5-13-28-18)29-15-17-12-11-16-6-1-3-9-20(16)24-17/h1-13H,14-15H2. The third kappa shape index (κ3) is 3.54. The monoisotopic (exact) mass is 399 g/mol. The van der Waals surface area contributed by atoms with Gasteiger partial charge in [-0.15, -0.1) is 0 Å². The molecule has 0 saturated heterocycles. The van der Waals surface area contributed by atoms with Crippen molar-refractivity contribution in [3.63, 3.8) is 0 Å². The molecule has 5 nitrogen and oxygen atoms in total. The molecule has 0 aliphatic carbocycles. The Morgan fingerprint density at radius 2 is 1.69 bits per heavy atom. The van der Waals surface area contributed by atoms with Gasteiger partial charge in [-0.2, -0.15) is 0 Å². The van der Waals surface area contributed by atoms with Crippen LogP contribution in [-0.2, 0) is 12.3 Å². The van der Waals surface area contributed by atoms with Gasteiger partial charge < -0.3 is 4.42 Å². The summed E-state index contributed by atoms with van der Waals surface area (Å²) >= 11 is 1.51. The molecule has 0 saturated carbocycles. The summed E-state index contributed by atoms with van der Waals surface area (Å²) in [6, 6.07) is 23.2. The van der Waals surface area contributed by atoms with Crippen molar-refractivity contribution in [2.45, 2.75) is 17.5 Å². The van der Waals surface area contributed by atoms with E-state index in [0.717, 1.165) is 22.4 Å². The first kappa shape index (κ1) is 17.7. The first-order chi connectivity index (χ1) is 14.3. The number of pyridine rings is 1. The molecule has 3 aromatic heterocycles. The minimum atomic E-state index is -0.0685. The van der Waals surface area contributed by atoms with E-state index in [1.165, 1.54) is 11.8 Å². The lowest BCUT2D eigenvalue weighted by atomic mass is 10.2. The highest BCUT2D eigenvalue weighted by Crippen LogP contribution is 2.23. The predicted octanol–water partition coefficient (Wildman–Crippen LogP) is 4.88. The summed E-state index contributed by atoms with van der Waals surface area (Å²) in [7, 11) is 0. The number of hydrogen-bond acceptors (Lipinski definition) is 5. The van der Waals surface area contributed by atoms with Crippen molar-refractivity contribution in [1.82, 2.24) is 14.5 Å². The van der Waals surface area contributed by atoms with Crippen LogP contribution in [-0.4, -0.2) is 14.5 Å². The van der Waals surface area contributed by atoms with Gasteiger partial charge in [-0.05, 0) is 36.4 Å². The highest BCUT2D eigenvalue weighted by atomic mass is 32.2. The number of aromatic nitrogens is 3. The molecule has 29 heavy (non-hydrogen) atoms.